The van der Waals surface area contributed by atoms with E-state index < -0.39 is 0 Å². The van der Waals surface area contributed by atoms with Crippen molar-refractivity contribution in [3.05, 3.63) is 53.6 Å². The number of nitriles is 1. The zero-order chi connectivity index (χ0) is 15.2. The summed E-state index contributed by atoms with van der Waals surface area (Å²) in [7, 11) is 5.25. The van der Waals surface area contributed by atoms with Gasteiger partial charge in [0.1, 0.15) is 17.6 Å². The number of nitrogens with zero attached hydrogens (tertiary/aromatic N) is 2. The van der Waals surface area contributed by atoms with Crippen molar-refractivity contribution in [1.82, 2.24) is 0 Å². The van der Waals surface area contributed by atoms with Crippen LogP contribution in [0.3, 0.4) is 0 Å². The first-order valence-corrected chi connectivity index (χ1v) is 6.60. The van der Waals surface area contributed by atoms with Crippen molar-refractivity contribution in [1.29, 1.82) is 5.26 Å². The van der Waals surface area contributed by atoms with Crippen LogP contribution < -0.4 is 14.4 Å². The van der Waals surface area contributed by atoms with E-state index in [0.29, 0.717) is 11.3 Å². The molecule has 0 amide bonds. The first kappa shape index (κ1) is 14.7. The molecule has 2 aromatic rings. The Morgan fingerprint density at radius 2 is 1.90 bits per heavy atom. The predicted octanol–water partition coefficient (Wildman–Crippen LogP) is 3.21. The molecule has 2 aromatic carbocycles. The van der Waals surface area contributed by atoms with Crippen molar-refractivity contribution in [3.8, 4) is 17.6 Å². The van der Waals surface area contributed by atoms with Crippen LogP contribution in [0.5, 0.6) is 11.5 Å². The van der Waals surface area contributed by atoms with Gasteiger partial charge in [-0.15, -0.1) is 0 Å². The first-order valence-electron chi connectivity index (χ1n) is 6.60. The fourth-order valence-corrected chi connectivity index (χ4v) is 2.14. The number of methoxy groups -OCH3 is 2. The van der Waals surface area contributed by atoms with Gasteiger partial charge in [0.2, 0.25) is 0 Å². The highest BCUT2D eigenvalue weighted by Crippen LogP contribution is 2.24. The Hall–Kier alpha value is -2.67. The van der Waals surface area contributed by atoms with Crippen LogP contribution in [0.2, 0.25) is 0 Å². The van der Waals surface area contributed by atoms with Gasteiger partial charge in [0.05, 0.1) is 19.8 Å². The molecule has 2 rings (SSSR count). The molecule has 108 valence electrons. The van der Waals surface area contributed by atoms with E-state index >= 15 is 0 Å². The molecule has 0 unspecified atom stereocenters. The van der Waals surface area contributed by atoms with Crippen molar-refractivity contribution in [2.45, 2.75) is 6.54 Å². The number of benzene rings is 2. The Bertz CT molecular complexity index is 662. The normalized spacial score (nSPS) is 9.81. The summed E-state index contributed by atoms with van der Waals surface area (Å²) in [6.07, 6.45) is 0. The second-order valence-electron chi connectivity index (χ2n) is 4.70. The van der Waals surface area contributed by atoms with Gasteiger partial charge in [0, 0.05) is 25.3 Å². The molecular formula is C17H18N2O2. The number of ether oxygens (including phenoxy) is 2. The smallest absolute Gasteiger partial charge is 0.136 e. The maximum Gasteiger partial charge on any atom is 0.136 e. The van der Waals surface area contributed by atoms with E-state index in [1.165, 1.54) is 0 Å². The summed E-state index contributed by atoms with van der Waals surface area (Å²) in [5.41, 5.74) is 2.69. The largest absolute Gasteiger partial charge is 0.497 e. The van der Waals surface area contributed by atoms with Crippen LogP contribution >= 0.6 is 0 Å². The van der Waals surface area contributed by atoms with E-state index in [9.17, 15) is 0 Å². The number of hydrogen-bond donors (Lipinski definition) is 0. The highest BCUT2D eigenvalue weighted by atomic mass is 16.5. The fourth-order valence-electron chi connectivity index (χ4n) is 2.14. The molecule has 0 atom stereocenters. The van der Waals surface area contributed by atoms with Crippen LogP contribution in [0.4, 0.5) is 5.69 Å². The van der Waals surface area contributed by atoms with E-state index in [1.54, 1.807) is 20.3 Å². The molecule has 0 radical (unpaired) electrons. The standard InChI is InChI=1S/C17H18N2O2/c1-19(15-5-4-6-16(10-15)20-2)12-13-7-8-14(11-18)17(9-13)21-3/h4-10H,12H2,1-3H3. The second-order valence-corrected chi connectivity index (χ2v) is 4.70. The third-order valence-corrected chi connectivity index (χ3v) is 3.30. The zero-order valence-corrected chi connectivity index (χ0v) is 12.5. The van der Waals surface area contributed by atoms with E-state index in [2.05, 4.69) is 11.0 Å². The summed E-state index contributed by atoms with van der Waals surface area (Å²) >= 11 is 0. The lowest BCUT2D eigenvalue weighted by Gasteiger charge is -2.20. The molecule has 0 bridgehead atoms. The van der Waals surface area contributed by atoms with Crippen LogP contribution in [0.25, 0.3) is 0 Å². The molecule has 21 heavy (non-hydrogen) atoms. The van der Waals surface area contributed by atoms with Gasteiger partial charge in [-0.2, -0.15) is 5.26 Å². The van der Waals surface area contributed by atoms with Crippen LogP contribution in [0, 0.1) is 11.3 Å². The monoisotopic (exact) mass is 282 g/mol. The summed E-state index contributed by atoms with van der Waals surface area (Å²) in [5, 5.41) is 9.00. The van der Waals surface area contributed by atoms with Crippen molar-refractivity contribution >= 4 is 5.69 Å². The van der Waals surface area contributed by atoms with Crippen molar-refractivity contribution < 1.29 is 9.47 Å². The zero-order valence-electron chi connectivity index (χ0n) is 12.5. The Morgan fingerprint density at radius 1 is 1.10 bits per heavy atom. The van der Waals surface area contributed by atoms with Gasteiger partial charge in [0.15, 0.2) is 0 Å². The Kier molecular flexibility index (Phi) is 4.68. The minimum Gasteiger partial charge on any atom is -0.497 e. The number of rotatable bonds is 5. The fraction of sp³-hybridized carbons (Fsp3) is 0.235. The maximum absolute atomic E-state index is 9.00. The highest BCUT2D eigenvalue weighted by molar-refractivity contribution is 5.51. The SMILES string of the molecule is COc1cccc(N(C)Cc2ccc(C#N)c(OC)c2)c1. The van der Waals surface area contributed by atoms with Gasteiger partial charge in [-0.3, -0.25) is 0 Å². The highest BCUT2D eigenvalue weighted by Gasteiger charge is 2.07. The Balaban J connectivity index is 2.19. The third-order valence-electron chi connectivity index (χ3n) is 3.30. The summed E-state index contributed by atoms with van der Waals surface area (Å²) in [5.74, 6) is 1.44. The van der Waals surface area contributed by atoms with E-state index in [1.807, 2.05) is 43.4 Å². The summed E-state index contributed by atoms with van der Waals surface area (Å²) in [6, 6.07) is 15.6. The molecule has 0 saturated carbocycles. The van der Waals surface area contributed by atoms with Gasteiger partial charge in [0.25, 0.3) is 0 Å². The average molecular weight is 282 g/mol. The molecule has 0 fully saturated rings. The van der Waals surface area contributed by atoms with Crippen molar-refractivity contribution in [3.63, 3.8) is 0 Å². The molecule has 0 aliphatic heterocycles. The summed E-state index contributed by atoms with van der Waals surface area (Å²) in [6.45, 7) is 0.717. The molecule has 0 saturated heterocycles. The quantitative estimate of drug-likeness (QED) is 0.844. The molecule has 0 aromatic heterocycles. The van der Waals surface area contributed by atoms with E-state index in [4.69, 9.17) is 14.7 Å². The average Bonchev–Trinajstić information content (AvgIpc) is 2.54. The van der Waals surface area contributed by atoms with E-state index in [-0.39, 0.29) is 0 Å². The molecule has 0 spiro atoms. The van der Waals surface area contributed by atoms with Crippen LogP contribution in [-0.4, -0.2) is 21.3 Å². The molecule has 0 N–H and O–H groups in total. The maximum atomic E-state index is 9.00. The van der Waals surface area contributed by atoms with Crippen molar-refractivity contribution in [2.24, 2.45) is 0 Å². The molecule has 0 aliphatic rings. The lowest BCUT2D eigenvalue weighted by Crippen LogP contribution is -2.16. The molecule has 0 aliphatic carbocycles. The predicted molar refractivity (Wildman–Crippen MR) is 82.8 cm³/mol. The summed E-state index contributed by atoms with van der Waals surface area (Å²) < 4.78 is 10.5. The van der Waals surface area contributed by atoms with Crippen LogP contribution in [-0.2, 0) is 6.54 Å². The van der Waals surface area contributed by atoms with Crippen LogP contribution in [0.15, 0.2) is 42.5 Å². The van der Waals surface area contributed by atoms with Gasteiger partial charge in [-0.1, -0.05) is 12.1 Å². The van der Waals surface area contributed by atoms with E-state index in [0.717, 1.165) is 23.5 Å². The topological polar surface area (TPSA) is 45.5 Å². The minimum absolute atomic E-state index is 0.547. The first-order chi connectivity index (χ1) is 10.2. The van der Waals surface area contributed by atoms with Crippen molar-refractivity contribution in [2.75, 3.05) is 26.2 Å². The summed E-state index contributed by atoms with van der Waals surface area (Å²) in [4.78, 5) is 2.11. The Labute approximate surface area is 125 Å². The second kappa shape index (κ2) is 6.67. The molecular weight excluding hydrogens is 264 g/mol. The van der Waals surface area contributed by atoms with Gasteiger partial charge in [-0.25, -0.2) is 0 Å². The lowest BCUT2D eigenvalue weighted by atomic mass is 10.1. The lowest BCUT2D eigenvalue weighted by molar-refractivity contribution is 0.413. The third kappa shape index (κ3) is 3.46. The molecule has 4 nitrogen and oxygen atoms in total. The van der Waals surface area contributed by atoms with Crippen LogP contribution in [0.1, 0.15) is 11.1 Å². The van der Waals surface area contributed by atoms with Gasteiger partial charge < -0.3 is 14.4 Å². The van der Waals surface area contributed by atoms with Gasteiger partial charge >= 0.3 is 0 Å². The molecule has 0 heterocycles. The Morgan fingerprint density at radius 3 is 2.57 bits per heavy atom. The minimum atomic E-state index is 0.547. The molecule has 4 heteroatoms. The number of anilines is 1. The van der Waals surface area contributed by atoms with Gasteiger partial charge in [-0.05, 0) is 29.8 Å². The number of hydrogen-bond acceptors (Lipinski definition) is 4.